The van der Waals surface area contributed by atoms with Crippen LogP contribution in [0, 0.1) is 5.82 Å². The Morgan fingerprint density at radius 1 is 1.28 bits per heavy atom. The van der Waals surface area contributed by atoms with Crippen molar-refractivity contribution in [2.45, 2.75) is 32.0 Å². The van der Waals surface area contributed by atoms with Gasteiger partial charge in [0.05, 0.1) is 46.9 Å². The lowest BCUT2D eigenvalue weighted by Gasteiger charge is -2.14. The predicted octanol–water partition coefficient (Wildman–Crippen LogP) is 5.40. The molecule has 0 radical (unpaired) electrons. The summed E-state index contributed by atoms with van der Waals surface area (Å²) in [6.07, 6.45) is 3.54. The normalized spacial score (nSPS) is 18.6. The smallest absolute Gasteiger partial charge is 0.338 e. The van der Waals surface area contributed by atoms with Gasteiger partial charge in [0, 0.05) is 18.9 Å². The summed E-state index contributed by atoms with van der Waals surface area (Å²) in [5.41, 5.74) is 3.28. The van der Waals surface area contributed by atoms with Gasteiger partial charge in [0.1, 0.15) is 5.82 Å². The minimum atomic E-state index is -0.344. The van der Waals surface area contributed by atoms with E-state index >= 15 is 4.39 Å². The van der Waals surface area contributed by atoms with Crippen LogP contribution in [-0.2, 0) is 14.2 Å². The molecule has 0 amide bonds. The maximum absolute atomic E-state index is 15.0. The van der Waals surface area contributed by atoms with E-state index < -0.39 is 0 Å². The zero-order valence-electron chi connectivity index (χ0n) is 17.8. The van der Waals surface area contributed by atoms with Gasteiger partial charge in [-0.3, -0.25) is 4.40 Å². The number of hydrogen-bond donors (Lipinski definition) is 0. The number of ether oxygens (including phenoxy) is 3. The van der Waals surface area contributed by atoms with Crippen molar-refractivity contribution in [2.24, 2.45) is 0 Å². The lowest BCUT2D eigenvalue weighted by molar-refractivity contribution is -0.00229. The first-order valence-electron chi connectivity index (χ1n) is 10.6. The van der Waals surface area contributed by atoms with E-state index in [1.807, 2.05) is 22.7 Å². The molecule has 2 atom stereocenters. The summed E-state index contributed by atoms with van der Waals surface area (Å²) >= 11 is 1.45. The van der Waals surface area contributed by atoms with Crippen molar-refractivity contribution in [2.75, 3.05) is 20.3 Å². The summed E-state index contributed by atoms with van der Waals surface area (Å²) in [7, 11) is 1.66. The van der Waals surface area contributed by atoms with Crippen LogP contribution in [0.2, 0.25) is 0 Å². The summed E-state index contributed by atoms with van der Waals surface area (Å²) in [5, 5.41) is 0. The number of carbonyl (C=O) groups excluding carboxylic acids is 1. The number of aromatic nitrogens is 2. The van der Waals surface area contributed by atoms with Crippen molar-refractivity contribution in [3.05, 3.63) is 59.5 Å². The molecule has 6 nitrogen and oxygen atoms in total. The number of carbonyl (C=O) groups is 1. The Labute approximate surface area is 188 Å². The molecule has 4 aromatic rings. The van der Waals surface area contributed by atoms with E-state index in [2.05, 4.69) is 4.98 Å². The molecule has 0 spiro atoms. The molecule has 1 aliphatic heterocycles. The second-order valence-electron chi connectivity index (χ2n) is 7.80. The Hall–Kier alpha value is -2.81. The first-order chi connectivity index (χ1) is 15.6. The van der Waals surface area contributed by atoms with Crippen LogP contribution in [0.25, 0.3) is 26.4 Å². The second-order valence-corrected chi connectivity index (χ2v) is 8.81. The predicted molar refractivity (Wildman–Crippen MR) is 121 cm³/mol. The zero-order valence-corrected chi connectivity index (χ0v) is 18.7. The zero-order chi connectivity index (χ0) is 22.2. The third-order valence-corrected chi connectivity index (χ3v) is 6.72. The minimum Gasteiger partial charge on any atom is -0.462 e. The second kappa shape index (κ2) is 8.61. The van der Waals surface area contributed by atoms with E-state index in [0.29, 0.717) is 30.0 Å². The van der Waals surface area contributed by atoms with Crippen molar-refractivity contribution in [3.63, 3.8) is 0 Å². The summed E-state index contributed by atoms with van der Waals surface area (Å²) in [6.45, 7) is 2.67. The van der Waals surface area contributed by atoms with Crippen molar-refractivity contribution >= 4 is 32.5 Å². The molecule has 0 N–H and O–H groups in total. The number of thiazole rings is 1. The molecule has 1 aliphatic rings. The number of hydrogen-bond acceptors (Lipinski definition) is 6. The lowest BCUT2D eigenvalue weighted by Crippen LogP contribution is -2.13. The Bertz CT molecular complexity index is 1300. The van der Waals surface area contributed by atoms with Crippen LogP contribution in [0.3, 0.4) is 0 Å². The largest absolute Gasteiger partial charge is 0.462 e. The number of methoxy groups -OCH3 is 1. The maximum atomic E-state index is 15.0. The SMILES string of the molecule is CCOC(=O)c1ccc2c(c1)sc1nc(-c3ccc([C@@H]4CCC(COC)O4)cc3F)cn12. The summed E-state index contributed by atoms with van der Waals surface area (Å²) in [4.78, 5) is 17.4. The number of nitrogens with zero attached hydrogens (tertiary/aromatic N) is 2. The highest BCUT2D eigenvalue weighted by Crippen LogP contribution is 2.36. The molecule has 1 fully saturated rings. The van der Waals surface area contributed by atoms with Crippen LogP contribution >= 0.6 is 11.3 Å². The Morgan fingerprint density at radius 3 is 2.94 bits per heavy atom. The average Bonchev–Trinajstić information content (AvgIpc) is 3.48. The van der Waals surface area contributed by atoms with E-state index in [1.165, 1.54) is 11.3 Å². The molecule has 0 saturated carbocycles. The number of fused-ring (bicyclic) bond motifs is 3. The molecule has 2 aromatic heterocycles. The van der Waals surface area contributed by atoms with E-state index in [9.17, 15) is 4.79 Å². The Morgan fingerprint density at radius 2 is 2.16 bits per heavy atom. The van der Waals surface area contributed by atoms with E-state index in [4.69, 9.17) is 14.2 Å². The quantitative estimate of drug-likeness (QED) is 0.365. The van der Waals surface area contributed by atoms with Crippen LogP contribution in [0.15, 0.2) is 42.6 Å². The van der Waals surface area contributed by atoms with Gasteiger partial charge < -0.3 is 14.2 Å². The molecule has 5 rings (SSSR count). The third kappa shape index (κ3) is 3.79. The topological polar surface area (TPSA) is 62.1 Å². The molecule has 3 heterocycles. The van der Waals surface area contributed by atoms with E-state index in [1.54, 1.807) is 38.3 Å². The highest BCUT2D eigenvalue weighted by atomic mass is 32.1. The first kappa shape index (κ1) is 21.1. The maximum Gasteiger partial charge on any atom is 0.338 e. The average molecular weight is 455 g/mol. The number of imidazole rings is 1. The molecule has 2 aromatic carbocycles. The number of rotatable bonds is 6. The molecule has 1 saturated heterocycles. The molecule has 166 valence electrons. The van der Waals surface area contributed by atoms with Crippen LogP contribution < -0.4 is 0 Å². The lowest BCUT2D eigenvalue weighted by atomic mass is 10.0. The molecular weight excluding hydrogens is 431 g/mol. The molecule has 0 aliphatic carbocycles. The highest BCUT2D eigenvalue weighted by Gasteiger charge is 2.27. The number of halogens is 1. The Balaban J connectivity index is 1.42. The Kier molecular flexibility index (Phi) is 5.67. The van der Waals surface area contributed by atoms with Gasteiger partial charge in [-0.1, -0.05) is 17.4 Å². The fourth-order valence-corrected chi connectivity index (χ4v) is 5.22. The monoisotopic (exact) mass is 454 g/mol. The summed E-state index contributed by atoms with van der Waals surface area (Å²) in [5.74, 6) is -0.663. The minimum absolute atomic E-state index is 0.0605. The van der Waals surface area contributed by atoms with Crippen molar-refractivity contribution in [1.29, 1.82) is 0 Å². The van der Waals surface area contributed by atoms with Gasteiger partial charge in [0.25, 0.3) is 0 Å². The summed E-state index contributed by atoms with van der Waals surface area (Å²) < 4.78 is 34.1. The standard InChI is InChI=1S/C24H23FN2O4S/c1-3-30-23(28)15-5-8-20-22(11-15)32-24-26-19(12-27(20)24)17-7-4-14(10-18(17)25)21-9-6-16(31-21)13-29-2/h4-5,7-8,10-12,16,21H,3,6,9,13H2,1-2H3/t16?,21-/m0/s1. The summed E-state index contributed by atoms with van der Waals surface area (Å²) in [6, 6.07) is 10.6. The van der Waals surface area contributed by atoms with Gasteiger partial charge in [-0.15, -0.1) is 0 Å². The van der Waals surface area contributed by atoms with E-state index in [0.717, 1.165) is 33.6 Å². The first-order valence-corrected chi connectivity index (χ1v) is 11.4. The number of esters is 1. The molecule has 32 heavy (non-hydrogen) atoms. The van der Waals surface area contributed by atoms with Gasteiger partial charge in [0.15, 0.2) is 4.96 Å². The van der Waals surface area contributed by atoms with Crippen LogP contribution in [-0.4, -0.2) is 41.8 Å². The van der Waals surface area contributed by atoms with Crippen LogP contribution in [0.5, 0.6) is 0 Å². The fraction of sp³-hybridized carbons (Fsp3) is 0.333. The van der Waals surface area contributed by atoms with Gasteiger partial charge >= 0.3 is 5.97 Å². The molecular formula is C24H23FN2O4S. The van der Waals surface area contributed by atoms with Gasteiger partial charge in [-0.05, 0) is 55.7 Å². The van der Waals surface area contributed by atoms with Gasteiger partial charge in [-0.2, -0.15) is 0 Å². The third-order valence-electron chi connectivity index (χ3n) is 5.71. The number of benzene rings is 2. The van der Waals surface area contributed by atoms with Gasteiger partial charge in [0.2, 0.25) is 0 Å². The van der Waals surface area contributed by atoms with Crippen molar-refractivity contribution in [3.8, 4) is 11.3 Å². The molecule has 0 bridgehead atoms. The van der Waals surface area contributed by atoms with Gasteiger partial charge in [-0.25, -0.2) is 14.2 Å². The molecule has 1 unspecified atom stereocenters. The van der Waals surface area contributed by atoms with Crippen molar-refractivity contribution in [1.82, 2.24) is 9.38 Å². The van der Waals surface area contributed by atoms with Crippen LogP contribution in [0.4, 0.5) is 4.39 Å². The van der Waals surface area contributed by atoms with Crippen molar-refractivity contribution < 1.29 is 23.4 Å². The van der Waals surface area contributed by atoms with E-state index in [-0.39, 0.29) is 24.0 Å². The molecule has 8 heteroatoms. The van der Waals surface area contributed by atoms with Crippen LogP contribution in [0.1, 0.15) is 41.8 Å². The fourth-order valence-electron chi connectivity index (χ4n) is 4.17. The highest BCUT2D eigenvalue weighted by molar-refractivity contribution is 7.23.